The van der Waals surface area contributed by atoms with Crippen molar-refractivity contribution in [3.63, 3.8) is 0 Å². The molecular formula is C14H19ClF2N2O2. The van der Waals surface area contributed by atoms with Gasteiger partial charge in [-0.2, -0.15) is 0 Å². The lowest BCUT2D eigenvalue weighted by Gasteiger charge is -2.14. The fourth-order valence-electron chi connectivity index (χ4n) is 2.12. The summed E-state index contributed by atoms with van der Waals surface area (Å²) in [7, 11) is 0. The molecule has 1 heterocycles. The number of aryl methyl sites for hydroxylation is 1. The Morgan fingerprint density at radius 1 is 1.52 bits per heavy atom. The molecule has 1 saturated heterocycles. The number of ether oxygens (including phenoxy) is 1. The Hall–Kier alpha value is -1.40. The highest BCUT2D eigenvalue weighted by Crippen LogP contribution is 2.23. The zero-order valence-electron chi connectivity index (χ0n) is 11.7. The van der Waals surface area contributed by atoms with Gasteiger partial charge in [-0.15, -0.1) is 12.4 Å². The third-order valence-electron chi connectivity index (χ3n) is 3.20. The van der Waals surface area contributed by atoms with Gasteiger partial charge in [-0.3, -0.25) is 4.79 Å². The van der Waals surface area contributed by atoms with Gasteiger partial charge in [0.15, 0.2) is 0 Å². The molecule has 0 bridgehead atoms. The molecule has 1 fully saturated rings. The normalized spacial score (nSPS) is 17.4. The summed E-state index contributed by atoms with van der Waals surface area (Å²) < 4.78 is 29.4. The van der Waals surface area contributed by atoms with Crippen molar-refractivity contribution < 1.29 is 18.3 Å². The Kier molecular flexibility index (Phi) is 6.84. The molecule has 0 aromatic heterocycles. The van der Waals surface area contributed by atoms with Crippen LogP contribution in [-0.2, 0) is 4.79 Å². The van der Waals surface area contributed by atoms with Crippen LogP contribution in [0.2, 0.25) is 0 Å². The van der Waals surface area contributed by atoms with Crippen molar-refractivity contribution in [1.82, 2.24) is 5.32 Å². The highest BCUT2D eigenvalue weighted by atomic mass is 35.5. The summed E-state index contributed by atoms with van der Waals surface area (Å²) in [4.78, 5) is 11.9. The lowest BCUT2D eigenvalue weighted by atomic mass is 10.2. The van der Waals surface area contributed by atoms with Crippen molar-refractivity contribution in [1.29, 1.82) is 0 Å². The van der Waals surface area contributed by atoms with Gasteiger partial charge in [0.2, 0.25) is 5.91 Å². The summed E-state index contributed by atoms with van der Waals surface area (Å²) >= 11 is 0. The predicted molar refractivity (Wildman–Crippen MR) is 79.6 cm³/mol. The Bertz CT molecular complexity index is 480. The average molecular weight is 321 g/mol. The van der Waals surface area contributed by atoms with Gasteiger partial charge < -0.3 is 15.4 Å². The number of carbonyl (C=O) groups is 1. The van der Waals surface area contributed by atoms with Crippen LogP contribution in [0.4, 0.5) is 14.5 Å². The molecule has 1 aliphatic rings. The average Bonchev–Trinajstić information content (AvgIpc) is 2.93. The molecule has 0 aliphatic carbocycles. The zero-order chi connectivity index (χ0) is 14.5. The first-order chi connectivity index (χ1) is 9.56. The second-order valence-electron chi connectivity index (χ2n) is 4.82. The second kappa shape index (κ2) is 8.14. The van der Waals surface area contributed by atoms with Crippen molar-refractivity contribution in [2.24, 2.45) is 0 Å². The molecule has 1 atom stereocenters. The van der Waals surface area contributed by atoms with Gasteiger partial charge in [-0.1, -0.05) is 6.07 Å². The second-order valence-corrected chi connectivity index (χ2v) is 4.82. The standard InChI is InChI=1S/C14H18F2N2O2.ClH/c1-9-4-5-10(7-12(9)20-8-13(15)16)18-14(19)11-3-2-6-17-11;/h4-5,7,11,13,17H,2-3,6,8H2,1H3,(H,18,19);1H. The molecule has 1 unspecified atom stereocenters. The molecule has 4 nitrogen and oxygen atoms in total. The molecule has 21 heavy (non-hydrogen) atoms. The van der Waals surface area contributed by atoms with E-state index in [2.05, 4.69) is 10.6 Å². The van der Waals surface area contributed by atoms with Crippen LogP contribution >= 0.6 is 12.4 Å². The Morgan fingerprint density at radius 2 is 2.29 bits per heavy atom. The van der Waals surface area contributed by atoms with Gasteiger partial charge in [0, 0.05) is 11.8 Å². The van der Waals surface area contributed by atoms with Crippen LogP contribution in [0, 0.1) is 6.92 Å². The summed E-state index contributed by atoms with van der Waals surface area (Å²) in [5.74, 6) is 0.258. The van der Waals surface area contributed by atoms with E-state index in [-0.39, 0.29) is 24.4 Å². The van der Waals surface area contributed by atoms with E-state index in [1.807, 2.05) is 0 Å². The first-order valence-corrected chi connectivity index (χ1v) is 6.62. The maximum atomic E-state index is 12.2. The molecule has 1 amide bonds. The summed E-state index contributed by atoms with van der Waals surface area (Å²) in [6.45, 7) is 1.96. The molecule has 2 N–H and O–H groups in total. The monoisotopic (exact) mass is 320 g/mol. The fourth-order valence-corrected chi connectivity index (χ4v) is 2.12. The lowest BCUT2D eigenvalue weighted by Crippen LogP contribution is -2.35. The van der Waals surface area contributed by atoms with Gasteiger partial charge in [0.1, 0.15) is 12.4 Å². The minimum atomic E-state index is -2.52. The van der Waals surface area contributed by atoms with E-state index in [9.17, 15) is 13.6 Å². The minimum Gasteiger partial charge on any atom is -0.487 e. The molecule has 0 saturated carbocycles. The zero-order valence-corrected chi connectivity index (χ0v) is 12.5. The molecule has 7 heteroatoms. The van der Waals surface area contributed by atoms with Crippen LogP contribution in [0.5, 0.6) is 5.75 Å². The molecule has 0 radical (unpaired) electrons. The van der Waals surface area contributed by atoms with Crippen LogP contribution in [0.25, 0.3) is 0 Å². The van der Waals surface area contributed by atoms with Crippen molar-refractivity contribution in [3.05, 3.63) is 23.8 Å². The molecule has 1 aliphatic heterocycles. The molecule has 1 aromatic carbocycles. The number of amides is 1. The van der Waals surface area contributed by atoms with Crippen molar-refractivity contribution >= 4 is 24.0 Å². The highest BCUT2D eigenvalue weighted by molar-refractivity contribution is 5.95. The SMILES string of the molecule is Cc1ccc(NC(=O)C2CCCN2)cc1OCC(F)F.Cl. The van der Waals surface area contributed by atoms with Gasteiger partial charge in [-0.25, -0.2) is 8.78 Å². The van der Waals surface area contributed by atoms with Crippen LogP contribution in [0.3, 0.4) is 0 Å². The van der Waals surface area contributed by atoms with E-state index in [0.29, 0.717) is 11.4 Å². The summed E-state index contributed by atoms with van der Waals surface area (Å²) in [5.41, 5.74) is 1.31. The first-order valence-electron chi connectivity index (χ1n) is 6.62. The largest absolute Gasteiger partial charge is 0.487 e. The van der Waals surface area contributed by atoms with Gasteiger partial charge in [0.25, 0.3) is 6.43 Å². The molecular weight excluding hydrogens is 302 g/mol. The van der Waals surface area contributed by atoms with Crippen LogP contribution < -0.4 is 15.4 Å². The number of anilines is 1. The summed E-state index contributed by atoms with van der Waals surface area (Å²) in [6.07, 6.45) is -0.725. The Morgan fingerprint density at radius 3 is 2.90 bits per heavy atom. The number of halogens is 3. The molecule has 2 rings (SSSR count). The van der Waals surface area contributed by atoms with Crippen LogP contribution in [0.15, 0.2) is 18.2 Å². The number of carbonyl (C=O) groups excluding carboxylic acids is 1. The van der Waals surface area contributed by atoms with Crippen LogP contribution in [0.1, 0.15) is 18.4 Å². The topological polar surface area (TPSA) is 50.4 Å². The van der Waals surface area contributed by atoms with E-state index in [0.717, 1.165) is 24.9 Å². The van der Waals surface area contributed by atoms with Crippen LogP contribution in [-0.4, -0.2) is 31.5 Å². The molecule has 1 aromatic rings. The third kappa shape index (κ3) is 5.13. The number of hydrogen-bond donors (Lipinski definition) is 2. The summed E-state index contributed by atoms with van der Waals surface area (Å²) in [6, 6.07) is 4.86. The van der Waals surface area contributed by atoms with Crippen molar-refractivity contribution in [3.8, 4) is 5.75 Å². The van der Waals surface area contributed by atoms with Gasteiger partial charge in [0.05, 0.1) is 6.04 Å². The van der Waals surface area contributed by atoms with E-state index in [1.165, 1.54) is 0 Å². The number of nitrogens with one attached hydrogen (secondary N) is 2. The van der Waals surface area contributed by atoms with E-state index in [1.54, 1.807) is 25.1 Å². The fraction of sp³-hybridized carbons (Fsp3) is 0.500. The molecule has 0 spiro atoms. The molecule has 118 valence electrons. The Balaban J connectivity index is 0.00000220. The van der Waals surface area contributed by atoms with E-state index in [4.69, 9.17) is 4.74 Å². The number of hydrogen-bond acceptors (Lipinski definition) is 3. The third-order valence-corrected chi connectivity index (χ3v) is 3.20. The number of rotatable bonds is 5. The maximum Gasteiger partial charge on any atom is 0.272 e. The highest BCUT2D eigenvalue weighted by Gasteiger charge is 2.22. The first kappa shape index (κ1) is 17.7. The predicted octanol–water partition coefficient (Wildman–Crippen LogP) is 2.75. The smallest absolute Gasteiger partial charge is 0.272 e. The van der Waals surface area contributed by atoms with Gasteiger partial charge >= 0.3 is 0 Å². The van der Waals surface area contributed by atoms with E-state index < -0.39 is 13.0 Å². The van der Waals surface area contributed by atoms with Crippen molar-refractivity contribution in [2.75, 3.05) is 18.5 Å². The minimum absolute atomic E-state index is 0. The van der Waals surface area contributed by atoms with Crippen molar-refractivity contribution in [2.45, 2.75) is 32.2 Å². The number of alkyl halides is 2. The Labute approximate surface area is 128 Å². The quantitative estimate of drug-likeness (QED) is 0.877. The lowest BCUT2D eigenvalue weighted by molar-refractivity contribution is -0.117. The number of benzene rings is 1. The maximum absolute atomic E-state index is 12.2. The van der Waals surface area contributed by atoms with E-state index >= 15 is 0 Å². The summed E-state index contributed by atoms with van der Waals surface area (Å²) in [5, 5.41) is 5.87. The van der Waals surface area contributed by atoms with Gasteiger partial charge in [-0.05, 0) is 37.9 Å².